The van der Waals surface area contributed by atoms with E-state index in [0.717, 1.165) is 11.1 Å². The van der Waals surface area contributed by atoms with Crippen LogP contribution in [-0.4, -0.2) is 40.5 Å². The number of methoxy groups -OCH3 is 2. The summed E-state index contributed by atoms with van der Waals surface area (Å²) in [5.74, 6) is 1.25. The Kier molecular flexibility index (Phi) is 4.23. The monoisotopic (exact) mass is 366 g/mol. The van der Waals surface area contributed by atoms with Crippen LogP contribution in [0.3, 0.4) is 0 Å². The second kappa shape index (κ2) is 6.71. The number of ketones is 1. The Labute approximate surface area is 155 Å². The SMILES string of the molecule is COc1ccc(OC)c(-c2ccc3nc(NC(=O)C4CC(=O)C4)nn3c2)c1. The van der Waals surface area contributed by atoms with E-state index in [0.29, 0.717) is 30.0 Å². The fraction of sp³-hybridized carbons (Fsp3) is 0.263. The molecule has 1 saturated carbocycles. The fourth-order valence-corrected chi connectivity index (χ4v) is 3.02. The van der Waals surface area contributed by atoms with Crippen molar-refractivity contribution in [2.45, 2.75) is 12.8 Å². The van der Waals surface area contributed by atoms with Crippen molar-refractivity contribution in [1.82, 2.24) is 14.6 Å². The van der Waals surface area contributed by atoms with Crippen LogP contribution in [0.1, 0.15) is 12.8 Å². The quantitative estimate of drug-likeness (QED) is 0.745. The summed E-state index contributed by atoms with van der Waals surface area (Å²) < 4.78 is 12.3. The van der Waals surface area contributed by atoms with Gasteiger partial charge < -0.3 is 9.47 Å². The molecule has 0 aliphatic heterocycles. The average Bonchev–Trinajstić information content (AvgIpc) is 3.06. The summed E-state index contributed by atoms with van der Waals surface area (Å²) in [6.07, 6.45) is 2.39. The predicted octanol–water partition coefficient (Wildman–Crippen LogP) is 2.33. The van der Waals surface area contributed by atoms with Gasteiger partial charge in [-0.2, -0.15) is 4.98 Å². The van der Waals surface area contributed by atoms with Gasteiger partial charge in [-0.3, -0.25) is 14.9 Å². The number of benzene rings is 1. The van der Waals surface area contributed by atoms with Gasteiger partial charge in [0.05, 0.1) is 20.1 Å². The van der Waals surface area contributed by atoms with E-state index < -0.39 is 0 Å². The van der Waals surface area contributed by atoms with Gasteiger partial charge in [-0.25, -0.2) is 4.52 Å². The Bertz CT molecular complexity index is 1040. The van der Waals surface area contributed by atoms with Crippen molar-refractivity contribution < 1.29 is 19.1 Å². The maximum Gasteiger partial charge on any atom is 0.249 e. The van der Waals surface area contributed by atoms with Crippen molar-refractivity contribution >= 4 is 23.3 Å². The molecule has 138 valence electrons. The average molecular weight is 366 g/mol. The zero-order chi connectivity index (χ0) is 19.0. The first-order chi connectivity index (χ1) is 13.1. The molecule has 1 aliphatic carbocycles. The van der Waals surface area contributed by atoms with Gasteiger partial charge in [-0.1, -0.05) is 0 Å². The van der Waals surface area contributed by atoms with Crippen molar-refractivity contribution in [2.24, 2.45) is 5.92 Å². The van der Waals surface area contributed by atoms with Gasteiger partial charge in [-0.05, 0) is 30.3 Å². The first kappa shape index (κ1) is 17.0. The third kappa shape index (κ3) is 3.21. The molecule has 1 fully saturated rings. The Morgan fingerprint density at radius 3 is 2.70 bits per heavy atom. The summed E-state index contributed by atoms with van der Waals surface area (Å²) >= 11 is 0. The molecule has 0 atom stereocenters. The highest BCUT2D eigenvalue weighted by Crippen LogP contribution is 2.33. The molecule has 8 nitrogen and oxygen atoms in total. The maximum atomic E-state index is 12.1. The molecule has 0 bridgehead atoms. The predicted molar refractivity (Wildman–Crippen MR) is 97.9 cm³/mol. The number of amides is 1. The minimum atomic E-state index is -0.277. The Morgan fingerprint density at radius 1 is 1.19 bits per heavy atom. The number of carbonyl (C=O) groups is 2. The van der Waals surface area contributed by atoms with Crippen LogP contribution >= 0.6 is 0 Å². The van der Waals surface area contributed by atoms with E-state index in [1.807, 2.05) is 36.5 Å². The fourth-order valence-electron chi connectivity index (χ4n) is 3.02. The largest absolute Gasteiger partial charge is 0.497 e. The van der Waals surface area contributed by atoms with Gasteiger partial charge in [-0.15, -0.1) is 5.10 Å². The molecule has 1 aromatic carbocycles. The van der Waals surface area contributed by atoms with Gasteiger partial charge >= 0.3 is 0 Å². The van der Waals surface area contributed by atoms with Crippen molar-refractivity contribution in [3.8, 4) is 22.6 Å². The number of Topliss-reactive ketones (excluding diaryl/α,β-unsaturated/α-hetero) is 1. The zero-order valence-corrected chi connectivity index (χ0v) is 14.9. The highest BCUT2D eigenvalue weighted by atomic mass is 16.5. The number of fused-ring (bicyclic) bond motifs is 1. The highest BCUT2D eigenvalue weighted by Gasteiger charge is 2.33. The third-order valence-corrected chi connectivity index (χ3v) is 4.60. The molecular formula is C19H18N4O4. The Balaban J connectivity index is 1.63. The van der Waals surface area contributed by atoms with E-state index in [4.69, 9.17) is 9.47 Å². The first-order valence-corrected chi connectivity index (χ1v) is 8.49. The van der Waals surface area contributed by atoms with Crippen LogP contribution < -0.4 is 14.8 Å². The summed E-state index contributed by atoms with van der Waals surface area (Å²) in [5.41, 5.74) is 2.32. The highest BCUT2D eigenvalue weighted by molar-refractivity contribution is 6.01. The van der Waals surface area contributed by atoms with Gasteiger partial charge in [0.15, 0.2) is 5.65 Å². The van der Waals surface area contributed by atoms with Crippen molar-refractivity contribution in [1.29, 1.82) is 0 Å². The number of nitrogens with one attached hydrogen (secondary N) is 1. The molecular weight excluding hydrogens is 348 g/mol. The minimum absolute atomic E-state index is 0.106. The lowest BCUT2D eigenvalue weighted by molar-refractivity contribution is -0.135. The lowest BCUT2D eigenvalue weighted by Crippen LogP contribution is -2.34. The number of carbonyl (C=O) groups excluding carboxylic acids is 2. The van der Waals surface area contributed by atoms with E-state index in [9.17, 15) is 9.59 Å². The number of hydrogen-bond donors (Lipinski definition) is 1. The maximum absolute atomic E-state index is 12.1. The number of hydrogen-bond acceptors (Lipinski definition) is 6. The molecule has 1 aliphatic rings. The lowest BCUT2D eigenvalue weighted by atomic mass is 9.83. The number of rotatable bonds is 5. The van der Waals surface area contributed by atoms with E-state index in [1.54, 1.807) is 18.7 Å². The molecule has 0 spiro atoms. The summed E-state index contributed by atoms with van der Waals surface area (Å²) in [4.78, 5) is 27.4. The summed E-state index contributed by atoms with van der Waals surface area (Å²) in [7, 11) is 3.22. The van der Waals surface area contributed by atoms with Crippen molar-refractivity contribution in [2.75, 3.05) is 19.5 Å². The summed E-state index contributed by atoms with van der Waals surface area (Å²) in [6.45, 7) is 0. The minimum Gasteiger partial charge on any atom is -0.497 e. The standard InChI is InChI=1S/C19H18N4O4/c1-26-14-4-5-16(27-2)15(9-14)11-3-6-17-20-19(22-23(17)10-11)21-18(25)12-7-13(24)8-12/h3-6,9-10,12H,7-8H2,1-2H3,(H,21,22,25). The molecule has 1 amide bonds. The van der Waals surface area contributed by atoms with E-state index in [-0.39, 0.29) is 23.6 Å². The molecule has 0 unspecified atom stereocenters. The summed E-state index contributed by atoms with van der Waals surface area (Å²) in [6, 6.07) is 9.26. The normalized spacial score (nSPS) is 14.1. The van der Waals surface area contributed by atoms with E-state index in [2.05, 4.69) is 15.4 Å². The van der Waals surface area contributed by atoms with E-state index >= 15 is 0 Å². The van der Waals surface area contributed by atoms with Crippen LogP contribution in [0.25, 0.3) is 16.8 Å². The topological polar surface area (TPSA) is 94.8 Å². The van der Waals surface area contributed by atoms with E-state index in [1.165, 1.54) is 0 Å². The second-order valence-electron chi connectivity index (χ2n) is 6.36. The third-order valence-electron chi connectivity index (χ3n) is 4.60. The molecule has 27 heavy (non-hydrogen) atoms. The Morgan fingerprint density at radius 2 is 2.00 bits per heavy atom. The Hall–Kier alpha value is -3.42. The molecule has 2 heterocycles. The number of anilines is 1. The molecule has 0 radical (unpaired) electrons. The van der Waals surface area contributed by atoms with Crippen LogP contribution in [0, 0.1) is 5.92 Å². The van der Waals surface area contributed by atoms with Crippen molar-refractivity contribution in [3.63, 3.8) is 0 Å². The number of ether oxygens (including phenoxy) is 2. The van der Waals surface area contributed by atoms with Gasteiger partial charge in [0, 0.05) is 30.2 Å². The second-order valence-corrected chi connectivity index (χ2v) is 6.36. The number of pyridine rings is 1. The van der Waals surface area contributed by atoms with Crippen LogP contribution in [0.5, 0.6) is 11.5 Å². The van der Waals surface area contributed by atoms with Crippen LogP contribution in [0.15, 0.2) is 36.5 Å². The summed E-state index contributed by atoms with van der Waals surface area (Å²) in [5, 5.41) is 6.99. The number of aromatic nitrogens is 3. The smallest absolute Gasteiger partial charge is 0.249 e. The zero-order valence-electron chi connectivity index (χ0n) is 14.9. The number of nitrogens with zero attached hydrogens (tertiary/aromatic N) is 3. The molecule has 2 aromatic heterocycles. The molecule has 1 N–H and O–H groups in total. The van der Waals surface area contributed by atoms with Crippen LogP contribution in [0.4, 0.5) is 5.95 Å². The molecule has 3 aromatic rings. The molecule has 0 saturated heterocycles. The van der Waals surface area contributed by atoms with Crippen LogP contribution in [-0.2, 0) is 9.59 Å². The van der Waals surface area contributed by atoms with Crippen LogP contribution in [0.2, 0.25) is 0 Å². The van der Waals surface area contributed by atoms with Gasteiger partial charge in [0.2, 0.25) is 11.9 Å². The molecule has 8 heteroatoms. The first-order valence-electron chi connectivity index (χ1n) is 8.49. The van der Waals surface area contributed by atoms with Gasteiger partial charge in [0.1, 0.15) is 17.3 Å². The van der Waals surface area contributed by atoms with Gasteiger partial charge in [0.25, 0.3) is 0 Å². The molecule has 4 rings (SSSR count). The lowest BCUT2D eigenvalue weighted by Gasteiger charge is -2.21. The van der Waals surface area contributed by atoms with Crippen molar-refractivity contribution in [3.05, 3.63) is 36.5 Å².